The summed E-state index contributed by atoms with van der Waals surface area (Å²) in [7, 11) is 0. The third-order valence-electron chi connectivity index (χ3n) is 6.15. The standard InChI is InChI=1S/C21H24ClN5O3/c1-10-4-11-2-3-24-7-12(11)15(5-10)30-16-6-14(18(28)19(16)29)27-8-13(22)17-20(23)25-9-26-21(17)27/h4-5,8-9,14,16,18-19,24,28-29H,2-3,6-7H2,1H3,(H2,23,25,26)/t14?,16?,18-,19+/m0/s1. The van der Waals surface area contributed by atoms with Crippen molar-refractivity contribution in [2.24, 2.45) is 0 Å². The maximum atomic E-state index is 10.8. The van der Waals surface area contributed by atoms with Crippen LogP contribution < -0.4 is 15.8 Å². The van der Waals surface area contributed by atoms with Gasteiger partial charge in [-0.05, 0) is 37.1 Å². The molecule has 158 valence electrons. The SMILES string of the molecule is Cc1cc2c(c(OC3CC(n4cc(Cl)c5c(N)ncnc54)[C@H](O)[C@@H]3O)c1)CNCC2. The van der Waals surface area contributed by atoms with E-state index in [1.165, 1.54) is 11.9 Å². The van der Waals surface area contributed by atoms with Crippen molar-refractivity contribution in [2.45, 2.75) is 50.7 Å². The fourth-order valence-electron chi connectivity index (χ4n) is 4.66. The molecule has 1 aliphatic carbocycles. The fraction of sp³-hybridized carbons (Fsp3) is 0.429. The maximum absolute atomic E-state index is 10.8. The summed E-state index contributed by atoms with van der Waals surface area (Å²) < 4.78 is 8.04. The number of fused-ring (bicyclic) bond motifs is 2. The summed E-state index contributed by atoms with van der Waals surface area (Å²) in [5.74, 6) is 1.04. The minimum Gasteiger partial charge on any atom is -0.487 e. The quantitative estimate of drug-likeness (QED) is 0.500. The predicted molar refractivity (Wildman–Crippen MR) is 114 cm³/mol. The molecule has 8 nitrogen and oxygen atoms in total. The zero-order chi connectivity index (χ0) is 21.0. The molecule has 0 saturated heterocycles. The van der Waals surface area contributed by atoms with Crippen LogP contribution in [0.15, 0.2) is 24.7 Å². The average Bonchev–Trinajstić information content (AvgIpc) is 3.20. The number of nitrogens with two attached hydrogens (primary N) is 1. The monoisotopic (exact) mass is 429 g/mol. The van der Waals surface area contributed by atoms with E-state index in [9.17, 15) is 10.2 Å². The summed E-state index contributed by atoms with van der Waals surface area (Å²) >= 11 is 6.35. The molecule has 2 aliphatic rings. The Labute approximate surface area is 178 Å². The van der Waals surface area contributed by atoms with Gasteiger partial charge in [0.1, 0.15) is 41.9 Å². The van der Waals surface area contributed by atoms with Crippen molar-refractivity contribution in [3.05, 3.63) is 46.4 Å². The lowest BCUT2D eigenvalue weighted by atomic mass is 9.97. The van der Waals surface area contributed by atoms with Gasteiger partial charge in [0.25, 0.3) is 0 Å². The Morgan fingerprint density at radius 2 is 2.10 bits per heavy atom. The molecule has 2 aromatic heterocycles. The predicted octanol–water partition coefficient (Wildman–Crippen LogP) is 1.74. The number of benzene rings is 1. The van der Waals surface area contributed by atoms with Crippen LogP contribution in [0.2, 0.25) is 5.02 Å². The zero-order valence-electron chi connectivity index (χ0n) is 16.5. The van der Waals surface area contributed by atoms with Gasteiger partial charge in [-0.2, -0.15) is 0 Å². The average molecular weight is 430 g/mol. The number of hydrogen-bond acceptors (Lipinski definition) is 7. The highest BCUT2D eigenvalue weighted by molar-refractivity contribution is 6.36. The molecule has 0 amide bonds. The number of hydrogen-bond donors (Lipinski definition) is 4. The summed E-state index contributed by atoms with van der Waals surface area (Å²) in [4.78, 5) is 8.28. The fourth-order valence-corrected chi connectivity index (χ4v) is 4.95. The molecule has 3 aromatic rings. The molecule has 1 aliphatic heterocycles. The molecule has 0 radical (unpaired) electrons. The van der Waals surface area contributed by atoms with Gasteiger partial charge in [-0.15, -0.1) is 0 Å². The normalized spacial score (nSPS) is 26.1. The van der Waals surface area contributed by atoms with Crippen LogP contribution in [0, 0.1) is 6.92 Å². The number of nitrogen functional groups attached to an aromatic ring is 1. The van der Waals surface area contributed by atoms with E-state index in [-0.39, 0.29) is 5.82 Å². The molecule has 30 heavy (non-hydrogen) atoms. The van der Waals surface area contributed by atoms with E-state index in [2.05, 4.69) is 21.4 Å². The Morgan fingerprint density at radius 1 is 1.27 bits per heavy atom. The lowest BCUT2D eigenvalue weighted by Gasteiger charge is -2.25. The summed E-state index contributed by atoms with van der Waals surface area (Å²) in [6.07, 6.45) is 1.76. The van der Waals surface area contributed by atoms with E-state index < -0.39 is 24.4 Å². The third kappa shape index (κ3) is 3.11. The second-order valence-electron chi connectivity index (χ2n) is 8.11. The summed E-state index contributed by atoms with van der Waals surface area (Å²) in [5, 5.41) is 25.9. The number of aryl methyl sites for hydroxylation is 1. The molecule has 0 spiro atoms. The first kappa shape index (κ1) is 19.6. The van der Waals surface area contributed by atoms with Crippen molar-refractivity contribution in [1.82, 2.24) is 19.9 Å². The van der Waals surface area contributed by atoms with E-state index in [1.807, 2.05) is 13.0 Å². The minimum atomic E-state index is -1.04. The van der Waals surface area contributed by atoms with Crippen LogP contribution in [-0.2, 0) is 13.0 Å². The number of aliphatic hydroxyl groups is 2. The number of rotatable bonds is 3. The molecule has 5 N–H and O–H groups in total. The lowest BCUT2D eigenvalue weighted by Crippen LogP contribution is -2.35. The number of anilines is 1. The van der Waals surface area contributed by atoms with Crippen molar-refractivity contribution in [3.8, 4) is 5.75 Å². The number of ether oxygens (including phenoxy) is 1. The topological polar surface area (TPSA) is 118 Å². The lowest BCUT2D eigenvalue weighted by molar-refractivity contribution is -0.0166. The molecular formula is C21H24ClN5O3. The Kier molecular flexibility index (Phi) is 4.82. The van der Waals surface area contributed by atoms with Crippen LogP contribution in [0.25, 0.3) is 11.0 Å². The van der Waals surface area contributed by atoms with Gasteiger partial charge >= 0.3 is 0 Å². The van der Waals surface area contributed by atoms with Gasteiger partial charge < -0.3 is 30.6 Å². The molecule has 2 unspecified atom stereocenters. The van der Waals surface area contributed by atoms with Crippen molar-refractivity contribution in [3.63, 3.8) is 0 Å². The second-order valence-corrected chi connectivity index (χ2v) is 8.52. The molecule has 0 bridgehead atoms. The van der Waals surface area contributed by atoms with Crippen LogP contribution in [0.5, 0.6) is 5.75 Å². The molecule has 9 heteroatoms. The minimum absolute atomic E-state index is 0.281. The Hall–Kier alpha value is -2.39. The van der Waals surface area contributed by atoms with Crippen molar-refractivity contribution in [1.29, 1.82) is 0 Å². The van der Waals surface area contributed by atoms with Gasteiger partial charge in [-0.3, -0.25) is 0 Å². The summed E-state index contributed by atoms with van der Waals surface area (Å²) in [5.41, 5.74) is 9.98. The maximum Gasteiger partial charge on any atom is 0.147 e. The largest absolute Gasteiger partial charge is 0.487 e. The van der Waals surface area contributed by atoms with E-state index in [4.69, 9.17) is 22.1 Å². The first-order valence-corrected chi connectivity index (χ1v) is 10.4. The van der Waals surface area contributed by atoms with Gasteiger partial charge in [0.2, 0.25) is 0 Å². The number of aliphatic hydroxyl groups excluding tert-OH is 2. The molecular weight excluding hydrogens is 406 g/mol. The van der Waals surface area contributed by atoms with E-state index in [0.717, 1.165) is 36.4 Å². The van der Waals surface area contributed by atoms with Gasteiger partial charge in [0, 0.05) is 24.7 Å². The smallest absolute Gasteiger partial charge is 0.147 e. The summed E-state index contributed by atoms with van der Waals surface area (Å²) in [6, 6.07) is 3.73. The highest BCUT2D eigenvalue weighted by Crippen LogP contribution is 2.39. The van der Waals surface area contributed by atoms with Gasteiger partial charge in [0.05, 0.1) is 16.5 Å². The van der Waals surface area contributed by atoms with Crippen LogP contribution >= 0.6 is 11.6 Å². The molecule has 4 atom stereocenters. The summed E-state index contributed by atoms with van der Waals surface area (Å²) in [6.45, 7) is 3.71. The zero-order valence-corrected chi connectivity index (χ0v) is 17.3. The van der Waals surface area contributed by atoms with Crippen molar-refractivity contribution >= 4 is 28.5 Å². The van der Waals surface area contributed by atoms with Crippen molar-refractivity contribution in [2.75, 3.05) is 12.3 Å². The Balaban J connectivity index is 1.47. The van der Waals surface area contributed by atoms with Gasteiger partial charge in [0.15, 0.2) is 0 Å². The van der Waals surface area contributed by atoms with Gasteiger partial charge in [-0.1, -0.05) is 17.7 Å². The highest BCUT2D eigenvalue weighted by Gasteiger charge is 2.45. The van der Waals surface area contributed by atoms with E-state index in [0.29, 0.717) is 22.5 Å². The van der Waals surface area contributed by atoms with Crippen LogP contribution in [0.1, 0.15) is 29.2 Å². The van der Waals surface area contributed by atoms with Crippen LogP contribution in [0.3, 0.4) is 0 Å². The first-order chi connectivity index (χ1) is 14.4. The van der Waals surface area contributed by atoms with Crippen molar-refractivity contribution < 1.29 is 14.9 Å². The molecule has 1 aromatic carbocycles. The number of aromatic nitrogens is 3. The Bertz CT molecular complexity index is 1120. The van der Waals surface area contributed by atoms with E-state index in [1.54, 1.807) is 10.8 Å². The highest BCUT2D eigenvalue weighted by atomic mass is 35.5. The first-order valence-electron chi connectivity index (χ1n) is 10.1. The molecule has 3 heterocycles. The van der Waals surface area contributed by atoms with Crippen LogP contribution in [0.4, 0.5) is 5.82 Å². The molecule has 1 fully saturated rings. The number of halogens is 1. The number of nitrogens with one attached hydrogen (secondary N) is 1. The van der Waals surface area contributed by atoms with E-state index >= 15 is 0 Å². The molecule has 1 saturated carbocycles. The van der Waals surface area contributed by atoms with Gasteiger partial charge in [-0.25, -0.2) is 9.97 Å². The molecule has 5 rings (SSSR count). The number of nitrogens with zero attached hydrogens (tertiary/aromatic N) is 3. The van der Waals surface area contributed by atoms with Crippen LogP contribution in [-0.4, -0.2) is 49.6 Å². The second kappa shape index (κ2) is 7.39. The Morgan fingerprint density at radius 3 is 2.93 bits per heavy atom. The third-order valence-corrected chi connectivity index (χ3v) is 6.43.